The molecule has 0 aromatic heterocycles. The average molecular weight is 325 g/mol. The van der Waals surface area contributed by atoms with E-state index in [0.29, 0.717) is 24.3 Å². The number of carbonyl (C=O) groups excluding carboxylic acids is 2. The fraction of sp³-hybridized carbons (Fsp3) is 0.333. The third-order valence-electron chi connectivity index (χ3n) is 2.54. The molecular formula is C15H19NO5S. The Hall–Kier alpha value is -2.15. The molecule has 0 heterocycles. The Morgan fingerprint density at radius 3 is 2.73 bits per heavy atom. The molecule has 0 fully saturated rings. The summed E-state index contributed by atoms with van der Waals surface area (Å²) < 4.78 is 28.0. The van der Waals surface area contributed by atoms with E-state index in [1.807, 2.05) is 6.92 Å². The molecule has 1 aromatic carbocycles. The van der Waals surface area contributed by atoms with Crippen LogP contribution < -0.4 is 5.32 Å². The standard InChI is InChI=1S/C15H19NO5S/c1-3-8-21-15(18)12-6-5-7-13(10-12)16-14(17)11-22(19,20)9-4-2/h4-7,10H,2-3,8-9,11H2,1H3,(H,16,17). The van der Waals surface area contributed by atoms with Crippen LogP contribution in [0.1, 0.15) is 23.7 Å². The summed E-state index contributed by atoms with van der Waals surface area (Å²) in [5.41, 5.74) is 0.630. The first-order chi connectivity index (χ1) is 10.4. The highest BCUT2D eigenvalue weighted by atomic mass is 32.2. The number of sulfone groups is 1. The molecule has 0 radical (unpaired) electrons. The number of ether oxygens (including phenoxy) is 1. The number of hydrogen-bond donors (Lipinski definition) is 1. The van der Waals surface area contributed by atoms with E-state index in [1.54, 1.807) is 18.2 Å². The lowest BCUT2D eigenvalue weighted by Gasteiger charge is -2.07. The van der Waals surface area contributed by atoms with Gasteiger partial charge < -0.3 is 10.1 Å². The van der Waals surface area contributed by atoms with Crippen LogP contribution in [0.3, 0.4) is 0 Å². The second-order valence-electron chi connectivity index (χ2n) is 4.61. The van der Waals surface area contributed by atoms with E-state index >= 15 is 0 Å². The molecule has 1 amide bonds. The number of rotatable bonds is 8. The van der Waals surface area contributed by atoms with Crippen molar-refractivity contribution in [1.82, 2.24) is 0 Å². The highest BCUT2D eigenvalue weighted by Crippen LogP contribution is 2.12. The quantitative estimate of drug-likeness (QED) is 0.581. The van der Waals surface area contributed by atoms with Gasteiger partial charge in [0.1, 0.15) is 5.75 Å². The molecule has 0 aliphatic heterocycles. The van der Waals surface area contributed by atoms with Gasteiger partial charge in [-0.25, -0.2) is 13.2 Å². The number of nitrogens with one attached hydrogen (secondary N) is 1. The van der Waals surface area contributed by atoms with E-state index < -0.39 is 27.5 Å². The van der Waals surface area contributed by atoms with Crippen LogP contribution in [0.4, 0.5) is 5.69 Å². The van der Waals surface area contributed by atoms with Gasteiger partial charge in [0.25, 0.3) is 0 Å². The highest BCUT2D eigenvalue weighted by molar-refractivity contribution is 7.92. The van der Waals surface area contributed by atoms with E-state index in [2.05, 4.69) is 11.9 Å². The summed E-state index contributed by atoms with van der Waals surface area (Å²) >= 11 is 0. The summed E-state index contributed by atoms with van der Waals surface area (Å²) in [6.07, 6.45) is 1.94. The third kappa shape index (κ3) is 6.09. The molecule has 0 aliphatic rings. The Morgan fingerprint density at radius 2 is 2.09 bits per heavy atom. The normalized spacial score (nSPS) is 10.8. The maximum atomic E-state index is 11.7. The Labute approximate surface area is 130 Å². The second kappa shape index (κ2) is 8.33. The molecule has 0 atom stereocenters. The SMILES string of the molecule is C=CCS(=O)(=O)CC(=O)Nc1cccc(C(=O)OCCC)c1. The van der Waals surface area contributed by atoms with Crippen LogP contribution >= 0.6 is 0 Å². The van der Waals surface area contributed by atoms with Gasteiger partial charge >= 0.3 is 5.97 Å². The fourth-order valence-corrected chi connectivity index (χ4v) is 2.59. The summed E-state index contributed by atoms with van der Waals surface area (Å²) in [7, 11) is -3.51. The van der Waals surface area contributed by atoms with Crippen molar-refractivity contribution in [3.8, 4) is 0 Å². The number of anilines is 1. The van der Waals surface area contributed by atoms with Crippen molar-refractivity contribution < 1.29 is 22.7 Å². The van der Waals surface area contributed by atoms with Crippen LogP contribution in [-0.4, -0.2) is 38.4 Å². The van der Waals surface area contributed by atoms with Crippen molar-refractivity contribution in [1.29, 1.82) is 0 Å². The van der Waals surface area contributed by atoms with Crippen molar-refractivity contribution in [3.63, 3.8) is 0 Å². The first-order valence-corrected chi connectivity index (χ1v) is 8.58. The van der Waals surface area contributed by atoms with E-state index in [0.717, 1.165) is 0 Å². The van der Waals surface area contributed by atoms with Gasteiger partial charge in [-0.3, -0.25) is 4.79 Å². The summed E-state index contributed by atoms with van der Waals surface area (Å²) in [5.74, 6) is -2.05. The summed E-state index contributed by atoms with van der Waals surface area (Å²) in [5, 5.41) is 2.45. The van der Waals surface area contributed by atoms with E-state index in [-0.39, 0.29) is 5.75 Å². The number of carbonyl (C=O) groups is 2. The number of hydrogen-bond acceptors (Lipinski definition) is 5. The van der Waals surface area contributed by atoms with Gasteiger partial charge in [0.15, 0.2) is 9.84 Å². The third-order valence-corrected chi connectivity index (χ3v) is 3.99. The van der Waals surface area contributed by atoms with Gasteiger partial charge in [-0.1, -0.05) is 19.1 Å². The predicted octanol–water partition coefficient (Wildman–Crippen LogP) is 1.79. The molecule has 0 aliphatic carbocycles. The Morgan fingerprint density at radius 1 is 1.36 bits per heavy atom. The first kappa shape index (κ1) is 17.9. The second-order valence-corrected chi connectivity index (χ2v) is 6.72. The van der Waals surface area contributed by atoms with Crippen molar-refractivity contribution >= 4 is 27.4 Å². The van der Waals surface area contributed by atoms with E-state index in [1.165, 1.54) is 12.1 Å². The molecule has 6 nitrogen and oxygen atoms in total. The zero-order valence-corrected chi connectivity index (χ0v) is 13.2. The lowest BCUT2D eigenvalue weighted by Crippen LogP contribution is -2.24. The highest BCUT2D eigenvalue weighted by Gasteiger charge is 2.15. The monoisotopic (exact) mass is 325 g/mol. The first-order valence-electron chi connectivity index (χ1n) is 6.76. The minimum Gasteiger partial charge on any atom is -0.462 e. The molecule has 22 heavy (non-hydrogen) atoms. The molecule has 1 N–H and O–H groups in total. The smallest absolute Gasteiger partial charge is 0.338 e. The zero-order chi connectivity index (χ0) is 16.6. The lowest BCUT2D eigenvalue weighted by atomic mass is 10.2. The largest absolute Gasteiger partial charge is 0.462 e. The van der Waals surface area contributed by atoms with Crippen LogP contribution in [0.25, 0.3) is 0 Å². The van der Waals surface area contributed by atoms with Crippen LogP contribution in [0, 0.1) is 0 Å². The molecule has 0 unspecified atom stereocenters. The van der Waals surface area contributed by atoms with Crippen LogP contribution in [0.15, 0.2) is 36.9 Å². The van der Waals surface area contributed by atoms with Gasteiger partial charge in [-0.15, -0.1) is 6.58 Å². The van der Waals surface area contributed by atoms with Gasteiger partial charge in [-0.2, -0.15) is 0 Å². The molecule has 0 saturated carbocycles. The maximum absolute atomic E-state index is 11.7. The summed E-state index contributed by atoms with van der Waals surface area (Å²) in [4.78, 5) is 23.4. The molecule has 0 spiro atoms. The Bertz CT molecular complexity index is 652. The number of esters is 1. The van der Waals surface area contributed by atoms with E-state index in [9.17, 15) is 18.0 Å². The van der Waals surface area contributed by atoms with Gasteiger partial charge in [0, 0.05) is 5.69 Å². The molecule has 120 valence electrons. The molecule has 7 heteroatoms. The van der Waals surface area contributed by atoms with E-state index in [4.69, 9.17) is 4.74 Å². The lowest BCUT2D eigenvalue weighted by molar-refractivity contribution is -0.113. The number of amides is 1. The minimum atomic E-state index is -3.51. The minimum absolute atomic E-state index is 0.260. The molecule has 0 saturated heterocycles. The van der Waals surface area contributed by atoms with Crippen LogP contribution in [0.2, 0.25) is 0 Å². The van der Waals surface area contributed by atoms with Crippen molar-refractivity contribution in [2.45, 2.75) is 13.3 Å². The molecule has 0 bridgehead atoms. The summed E-state index contributed by atoms with van der Waals surface area (Å²) in [6.45, 7) is 5.53. The molecule has 1 rings (SSSR count). The fourth-order valence-electron chi connectivity index (χ4n) is 1.64. The summed E-state index contributed by atoms with van der Waals surface area (Å²) in [6, 6.07) is 6.14. The molecule has 1 aromatic rings. The Balaban J connectivity index is 2.72. The van der Waals surface area contributed by atoms with Crippen LogP contribution in [-0.2, 0) is 19.4 Å². The average Bonchev–Trinajstić information content (AvgIpc) is 2.44. The topological polar surface area (TPSA) is 89.5 Å². The predicted molar refractivity (Wildman–Crippen MR) is 84.5 cm³/mol. The van der Waals surface area contributed by atoms with Gasteiger partial charge in [0.05, 0.1) is 17.9 Å². The van der Waals surface area contributed by atoms with Gasteiger partial charge in [-0.05, 0) is 24.6 Å². The van der Waals surface area contributed by atoms with Crippen molar-refractivity contribution in [2.24, 2.45) is 0 Å². The van der Waals surface area contributed by atoms with Crippen molar-refractivity contribution in [2.75, 3.05) is 23.4 Å². The molecular weight excluding hydrogens is 306 g/mol. The Kier molecular flexibility index (Phi) is 6.78. The van der Waals surface area contributed by atoms with Crippen LogP contribution in [0.5, 0.6) is 0 Å². The van der Waals surface area contributed by atoms with Crippen molar-refractivity contribution in [3.05, 3.63) is 42.5 Å². The van der Waals surface area contributed by atoms with Gasteiger partial charge in [0.2, 0.25) is 5.91 Å². The maximum Gasteiger partial charge on any atom is 0.338 e. The zero-order valence-electron chi connectivity index (χ0n) is 12.4. The number of benzene rings is 1.